The van der Waals surface area contributed by atoms with Crippen LogP contribution >= 0.6 is 11.6 Å². The van der Waals surface area contributed by atoms with Crippen LogP contribution in [-0.2, 0) is 0 Å². The molecule has 0 spiro atoms. The molecule has 1 amide bonds. The van der Waals surface area contributed by atoms with Gasteiger partial charge in [-0.1, -0.05) is 61.7 Å². The molecule has 3 nitrogen and oxygen atoms in total. The molecule has 2 aromatic carbocycles. The van der Waals surface area contributed by atoms with Crippen molar-refractivity contribution in [3.63, 3.8) is 0 Å². The molecule has 4 heteroatoms. The number of halogens is 1. The number of carbonyl (C=O) groups excluding carboxylic acids is 1. The molecule has 1 fully saturated rings. The Bertz CT molecular complexity index is 968. The van der Waals surface area contributed by atoms with E-state index >= 15 is 0 Å². The molecule has 1 heterocycles. The Labute approximate surface area is 164 Å². The van der Waals surface area contributed by atoms with E-state index in [9.17, 15) is 4.79 Å². The van der Waals surface area contributed by atoms with E-state index in [0.29, 0.717) is 16.5 Å². The monoisotopic (exact) mass is 378 g/mol. The lowest BCUT2D eigenvalue weighted by Gasteiger charge is -2.29. The number of benzene rings is 2. The van der Waals surface area contributed by atoms with E-state index in [1.807, 2.05) is 54.6 Å². The van der Waals surface area contributed by atoms with Crippen molar-refractivity contribution in [2.24, 2.45) is 5.92 Å². The van der Waals surface area contributed by atoms with Gasteiger partial charge in [0.05, 0.1) is 16.8 Å². The average Bonchev–Trinajstić information content (AvgIpc) is 2.69. The second-order valence-corrected chi connectivity index (χ2v) is 7.86. The molecule has 0 unspecified atom stereocenters. The number of hydrogen-bond acceptors (Lipinski definition) is 2. The highest BCUT2D eigenvalue weighted by Gasteiger charge is 2.24. The average molecular weight is 379 g/mol. The van der Waals surface area contributed by atoms with Gasteiger partial charge in [0.1, 0.15) is 0 Å². The zero-order valence-corrected chi connectivity index (χ0v) is 16.2. The number of amides is 1. The van der Waals surface area contributed by atoms with Gasteiger partial charge in [0, 0.05) is 22.0 Å². The summed E-state index contributed by atoms with van der Waals surface area (Å²) >= 11 is 6.01. The largest absolute Gasteiger partial charge is 0.349 e. The Morgan fingerprint density at radius 1 is 1.07 bits per heavy atom. The fraction of sp³-hybridized carbons (Fsp3) is 0.304. The molecule has 27 heavy (non-hydrogen) atoms. The molecule has 3 aromatic rings. The number of hydrogen-bond donors (Lipinski definition) is 1. The minimum absolute atomic E-state index is 0.0115. The molecule has 1 N–H and O–H groups in total. The van der Waals surface area contributed by atoms with Crippen LogP contribution in [0.1, 0.15) is 43.0 Å². The van der Waals surface area contributed by atoms with Crippen LogP contribution in [0.2, 0.25) is 5.02 Å². The minimum atomic E-state index is -0.0115. The van der Waals surface area contributed by atoms with Crippen LogP contribution in [0.3, 0.4) is 0 Å². The third-order valence-electron chi connectivity index (χ3n) is 5.53. The lowest BCUT2D eigenvalue weighted by Crippen LogP contribution is -2.41. The first-order valence-electron chi connectivity index (χ1n) is 9.58. The van der Waals surface area contributed by atoms with Crippen molar-refractivity contribution in [1.82, 2.24) is 10.3 Å². The van der Waals surface area contributed by atoms with Gasteiger partial charge in [-0.25, -0.2) is 4.98 Å². The fourth-order valence-corrected chi connectivity index (χ4v) is 4.03. The van der Waals surface area contributed by atoms with Crippen molar-refractivity contribution < 1.29 is 4.79 Å². The van der Waals surface area contributed by atoms with E-state index in [0.717, 1.165) is 28.6 Å². The van der Waals surface area contributed by atoms with Gasteiger partial charge in [0.15, 0.2) is 0 Å². The fourth-order valence-electron chi connectivity index (χ4n) is 3.91. The first kappa shape index (κ1) is 18.0. The maximum Gasteiger partial charge on any atom is 0.252 e. The summed E-state index contributed by atoms with van der Waals surface area (Å²) in [5.74, 6) is 0.508. The van der Waals surface area contributed by atoms with E-state index in [2.05, 4.69) is 12.2 Å². The van der Waals surface area contributed by atoms with Crippen molar-refractivity contribution in [2.45, 2.75) is 38.6 Å². The number of pyridine rings is 1. The van der Waals surface area contributed by atoms with Crippen LogP contribution in [0.5, 0.6) is 0 Å². The molecule has 2 atom stereocenters. The summed E-state index contributed by atoms with van der Waals surface area (Å²) in [6.07, 6.45) is 4.67. The van der Waals surface area contributed by atoms with Crippen LogP contribution in [0.25, 0.3) is 22.2 Å². The number of nitrogens with one attached hydrogen (secondary N) is 1. The lowest BCUT2D eigenvalue weighted by atomic mass is 9.85. The Morgan fingerprint density at radius 2 is 1.81 bits per heavy atom. The highest BCUT2D eigenvalue weighted by Crippen LogP contribution is 2.28. The van der Waals surface area contributed by atoms with Crippen LogP contribution in [0.15, 0.2) is 54.6 Å². The molecule has 4 rings (SSSR count). The number of aromatic nitrogens is 1. The Hall–Kier alpha value is -2.39. The molecule has 1 aliphatic carbocycles. The predicted octanol–water partition coefficient (Wildman–Crippen LogP) is 5.86. The van der Waals surface area contributed by atoms with Gasteiger partial charge in [-0.05, 0) is 43.0 Å². The summed E-state index contributed by atoms with van der Waals surface area (Å²) in [4.78, 5) is 17.9. The van der Waals surface area contributed by atoms with E-state index < -0.39 is 0 Å². The highest BCUT2D eigenvalue weighted by atomic mass is 35.5. The lowest BCUT2D eigenvalue weighted by molar-refractivity contribution is 0.0912. The summed E-state index contributed by atoms with van der Waals surface area (Å²) in [7, 11) is 0. The van der Waals surface area contributed by atoms with Gasteiger partial charge in [-0.2, -0.15) is 0 Å². The number of para-hydroxylation sites is 1. The van der Waals surface area contributed by atoms with Crippen molar-refractivity contribution in [1.29, 1.82) is 0 Å². The van der Waals surface area contributed by atoms with Gasteiger partial charge < -0.3 is 5.32 Å². The third kappa shape index (κ3) is 3.84. The Morgan fingerprint density at radius 3 is 2.59 bits per heavy atom. The zero-order valence-electron chi connectivity index (χ0n) is 15.4. The van der Waals surface area contributed by atoms with Crippen molar-refractivity contribution >= 4 is 28.4 Å². The Balaban J connectivity index is 1.74. The van der Waals surface area contributed by atoms with Gasteiger partial charge in [-0.15, -0.1) is 0 Å². The summed E-state index contributed by atoms with van der Waals surface area (Å²) in [6, 6.07) is 17.5. The highest BCUT2D eigenvalue weighted by molar-refractivity contribution is 6.30. The molecule has 1 saturated carbocycles. The SMILES string of the molecule is C[C@@H]1CCCC[C@H]1NC(=O)c1cc(-c2ccc(Cl)cc2)nc2ccccc12. The number of fused-ring (bicyclic) bond motifs is 1. The summed E-state index contributed by atoms with van der Waals surface area (Å²) in [5.41, 5.74) is 3.24. The standard InChI is InChI=1S/C23H23ClN2O/c1-15-6-2-4-8-20(15)26-23(27)19-14-22(16-10-12-17(24)13-11-16)25-21-9-5-3-7-18(19)21/h3,5,7,9-15,20H,2,4,6,8H2,1H3,(H,26,27)/t15-,20-/m1/s1. The normalized spacial score (nSPS) is 19.8. The van der Waals surface area contributed by atoms with E-state index in [-0.39, 0.29) is 11.9 Å². The van der Waals surface area contributed by atoms with Crippen LogP contribution < -0.4 is 5.32 Å². The zero-order chi connectivity index (χ0) is 18.8. The summed E-state index contributed by atoms with van der Waals surface area (Å²) in [5, 5.41) is 4.85. The van der Waals surface area contributed by atoms with Gasteiger partial charge in [0.2, 0.25) is 0 Å². The maximum atomic E-state index is 13.2. The van der Waals surface area contributed by atoms with Crippen molar-refractivity contribution in [3.05, 3.63) is 65.2 Å². The number of carbonyl (C=O) groups is 1. The smallest absolute Gasteiger partial charge is 0.252 e. The number of rotatable bonds is 3. The second-order valence-electron chi connectivity index (χ2n) is 7.42. The van der Waals surface area contributed by atoms with Gasteiger partial charge >= 0.3 is 0 Å². The minimum Gasteiger partial charge on any atom is -0.349 e. The summed E-state index contributed by atoms with van der Waals surface area (Å²) in [6.45, 7) is 2.23. The molecule has 0 aliphatic heterocycles. The quantitative estimate of drug-likeness (QED) is 0.619. The molecule has 0 radical (unpaired) electrons. The molecular weight excluding hydrogens is 356 g/mol. The van der Waals surface area contributed by atoms with Gasteiger partial charge in [0.25, 0.3) is 5.91 Å². The predicted molar refractivity (Wildman–Crippen MR) is 111 cm³/mol. The second kappa shape index (κ2) is 7.69. The van der Waals surface area contributed by atoms with Gasteiger partial charge in [-0.3, -0.25) is 4.79 Å². The van der Waals surface area contributed by atoms with Crippen LogP contribution in [0.4, 0.5) is 0 Å². The first-order chi connectivity index (χ1) is 13.1. The molecule has 1 aliphatic rings. The van der Waals surface area contributed by atoms with Crippen molar-refractivity contribution in [2.75, 3.05) is 0 Å². The van der Waals surface area contributed by atoms with Crippen LogP contribution in [-0.4, -0.2) is 16.9 Å². The Kier molecular flexibility index (Phi) is 5.13. The van der Waals surface area contributed by atoms with E-state index in [1.54, 1.807) is 0 Å². The molecule has 0 saturated heterocycles. The summed E-state index contributed by atoms with van der Waals surface area (Å²) < 4.78 is 0. The molecule has 0 bridgehead atoms. The maximum absolute atomic E-state index is 13.2. The van der Waals surface area contributed by atoms with Crippen molar-refractivity contribution in [3.8, 4) is 11.3 Å². The molecule has 1 aromatic heterocycles. The molecule has 138 valence electrons. The number of nitrogens with zero attached hydrogens (tertiary/aromatic N) is 1. The van der Waals surface area contributed by atoms with Crippen LogP contribution in [0, 0.1) is 5.92 Å². The third-order valence-corrected chi connectivity index (χ3v) is 5.78. The first-order valence-corrected chi connectivity index (χ1v) is 9.96. The molecular formula is C23H23ClN2O. The topological polar surface area (TPSA) is 42.0 Å². The van der Waals surface area contributed by atoms with E-state index in [1.165, 1.54) is 19.3 Å². The van der Waals surface area contributed by atoms with E-state index in [4.69, 9.17) is 16.6 Å².